The first-order valence-electron chi connectivity index (χ1n) is 7.17. The molecule has 1 aromatic carbocycles. The fourth-order valence-corrected chi connectivity index (χ4v) is 2.14. The Bertz CT molecular complexity index is 675. The summed E-state index contributed by atoms with van der Waals surface area (Å²) < 4.78 is 11.1. The van der Waals surface area contributed by atoms with Crippen molar-refractivity contribution >= 4 is 23.0 Å². The van der Waals surface area contributed by atoms with Crippen LogP contribution in [0.25, 0.3) is 0 Å². The maximum absolute atomic E-state index is 6.11. The molecule has 0 saturated carbocycles. The van der Waals surface area contributed by atoms with E-state index in [1.165, 1.54) is 6.33 Å². The van der Waals surface area contributed by atoms with Gasteiger partial charge >= 0.3 is 0 Å². The van der Waals surface area contributed by atoms with Crippen molar-refractivity contribution in [2.24, 2.45) is 0 Å². The van der Waals surface area contributed by atoms with Crippen LogP contribution in [0.1, 0.15) is 13.8 Å². The average Bonchev–Trinajstić information content (AvgIpc) is 2.51. The van der Waals surface area contributed by atoms with Gasteiger partial charge in [-0.2, -0.15) is 0 Å². The van der Waals surface area contributed by atoms with Crippen molar-refractivity contribution in [1.82, 2.24) is 9.97 Å². The standard InChI is InChI=1S/C15H19N5O2/c1-9(2)19-14-13(16)15(18-8-17-14)20-10-3-4-11-12(7-10)22-6-5-21-11/h3-4,7-9H,5-6,16H2,1-2H3,(H2,17,18,19,20). The van der Waals surface area contributed by atoms with Crippen molar-refractivity contribution in [3.05, 3.63) is 24.5 Å². The van der Waals surface area contributed by atoms with Gasteiger partial charge in [0.2, 0.25) is 0 Å². The highest BCUT2D eigenvalue weighted by Crippen LogP contribution is 2.34. The van der Waals surface area contributed by atoms with Crippen LogP contribution in [0.5, 0.6) is 11.5 Å². The van der Waals surface area contributed by atoms with Gasteiger partial charge in [-0.05, 0) is 26.0 Å². The summed E-state index contributed by atoms with van der Waals surface area (Å²) in [7, 11) is 0. The van der Waals surface area contributed by atoms with E-state index in [1.54, 1.807) is 0 Å². The van der Waals surface area contributed by atoms with E-state index >= 15 is 0 Å². The predicted molar refractivity (Wildman–Crippen MR) is 85.9 cm³/mol. The normalized spacial score (nSPS) is 13.0. The minimum Gasteiger partial charge on any atom is -0.486 e. The fourth-order valence-electron chi connectivity index (χ4n) is 2.14. The monoisotopic (exact) mass is 301 g/mol. The third-order valence-corrected chi connectivity index (χ3v) is 3.11. The van der Waals surface area contributed by atoms with Crippen molar-refractivity contribution in [2.45, 2.75) is 19.9 Å². The Morgan fingerprint density at radius 3 is 2.59 bits per heavy atom. The second kappa shape index (κ2) is 5.97. The molecule has 4 N–H and O–H groups in total. The molecule has 0 amide bonds. The summed E-state index contributed by atoms with van der Waals surface area (Å²) in [4.78, 5) is 8.35. The van der Waals surface area contributed by atoms with Crippen molar-refractivity contribution in [2.75, 3.05) is 29.6 Å². The molecule has 1 aromatic heterocycles. The SMILES string of the molecule is CC(C)Nc1ncnc(Nc2ccc3c(c2)OCCO3)c1N. The largest absolute Gasteiger partial charge is 0.486 e. The number of nitrogens with one attached hydrogen (secondary N) is 2. The zero-order valence-corrected chi connectivity index (χ0v) is 12.6. The number of rotatable bonds is 4. The van der Waals surface area contributed by atoms with Crippen LogP contribution in [0, 0.1) is 0 Å². The summed E-state index contributed by atoms with van der Waals surface area (Å²) in [6.07, 6.45) is 1.47. The molecule has 0 spiro atoms. The Morgan fingerprint density at radius 2 is 1.82 bits per heavy atom. The number of nitrogen functional groups attached to an aromatic ring is 1. The van der Waals surface area contributed by atoms with E-state index < -0.39 is 0 Å². The van der Waals surface area contributed by atoms with Gasteiger partial charge in [0.05, 0.1) is 0 Å². The summed E-state index contributed by atoms with van der Waals surface area (Å²) in [5, 5.41) is 6.37. The molecule has 2 heterocycles. The third kappa shape index (κ3) is 2.98. The van der Waals surface area contributed by atoms with Crippen molar-refractivity contribution in [3.8, 4) is 11.5 Å². The topological polar surface area (TPSA) is 94.3 Å². The molecular formula is C15H19N5O2. The molecule has 0 radical (unpaired) electrons. The van der Waals surface area contributed by atoms with Crippen LogP contribution in [-0.2, 0) is 0 Å². The van der Waals surface area contributed by atoms with E-state index in [1.807, 2.05) is 32.0 Å². The molecule has 3 rings (SSSR count). The highest BCUT2D eigenvalue weighted by Gasteiger charge is 2.13. The third-order valence-electron chi connectivity index (χ3n) is 3.11. The summed E-state index contributed by atoms with van der Waals surface area (Å²) in [5.74, 6) is 2.62. The average molecular weight is 301 g/mol. The van der Waals surface area contributed by atoms with E-state index in [9.17, 15) is 0 Å². The Balaban J connectivity index is 1.84. The molecule has 22 heavy (non-hydrogen) atoms. The number of nitrogens with two attached hydrogens (primary N) is 1. The molecule has 1 aliphatic rings. The number of ether oxygens (including phenoxy) is 2. The van der Waals surface area contributed by atoms with E-state index in [4.69, 9.17) is 15.2 Å². The van der Waals surface area contributed by atoms with Crippen LogP contribution in [0.15, 0.2) is 24.5 Å². The van der Waals surface area contributed by atoms with Crippen LogP contribution >= 0.6 is 0 Å². The van der Waals surface area contributed by atoms with Gasteiger partial charge in [-0.3, -0.25) is 0 Å². The van der Waals surface area contributed by atoms with Crippen LogP contribution in [0.3, 0.4) is 0 Å². The highest BCUT2D eigenvalue weighted by molar-refractivity contribution is 5.78. The highest BCUT2D eigenvalue weighted by atomic mass is 16.6. The van der Waals surface area contributed by atoms with Gasteiger partial charge in [0, 0.05) is 17.8 Å². The molecule has 0 fully saturated rings. The summed E-state index contributed by atoms with van der Waals surface area (Å²) >= 11 is 0. The van der Waals surface area contributed by atoms with Gasteiger partial charge in [0.25, 0.3) is 0 Å². The van der Waals surface area contributed by atoms with Crippen LogP contribution in [0.2, 0.25) is 0 Å². The molecule has 0 bridgehead atoms. The summed E-state index contributed by atoms with van der Waals surface area (Å²) in [6.45, 7) is 5.17. The smallest absolute Gasteiger partial charge is 0.163 e. The lowest BCUT2D eigenvalue weighted by Gasteiger charge is -2.19. The molecule has 0 aliphatic carbocycles. The molecule has 0 saturated heterocycles. The Labute approximate surface area is 128 Å². The second-order valence-corrected chi connectivity index (χ2v) is 5.27. The maximum atomic E-state index is 6.11. The van der Waals surface area contributed by atoms with Gasteiger partial charge < -0.3 is 25.8 Å². The van der Waals surface area contributed by atoms with Gasteiger partial charge in [-0.15, -0.1) is 0 Å². The second-order valence-electron chi connectivity index (χ2n) is 5.27. The summed E-state index contributed by atoms with van der Waals surface area (Å²) in [6, 6.07) is 5.86. The first-order chi connectivity index (χ1) is 10.6. The molecule has 7 heteroatoms. The van der Waals surface area contributed by atoms with Crippen LogP contribution in [-0.4, -0.2) is 29.2 Å². The van der Waals surface area contributed by atoms with Crippen molar-refractivity contribution in [1.29, 1.82) is 0 Å². The molecule has 1 aliphatic heterocycles. The number of nitrogens with zero attached hydrogens (tertiary/aromatic N) is 2. The fraction of sp³-hybridized carbons (Fsp3) is 0.333. The number of hydrogen-bond donors (Lipinski definition) is 3. The van der Waals surface area contributed by atoms with Gasteiger partial charge in [-0.1, -0.05) is 0 Å². The number of hydrogen-bond acceptors (Lipinski definition) is 7. The minimum atomic E-state index is 0.236. The predicted octanol–water partition coefficient (Wildman–Crippen LogP) is 2.39. The number of fused-ring (bicyclic) bond motifs is 1. The molecule has 116 valence electrons. The minimum absolute atomic E-state index is 0.236. The number of aromatic nitrogens is 2. The zero-order valence-electron chi connectivity index (χ0n) is 12.6. The zero-order chi connectivity index (χ0) is 15.5. The first kappa shape index (κ1) is 14.2. The van der Waals surface area contributed by atoms with E-state index in [0.29, 0.717) is 36.3 Å². The van der Waals surface area contributed by atoms with Gasteiger partial charge in [0.15, 0.2) is 23.1 Å². The lowest BCUT2D eigenvalue weighted by Crippen LogP contribution is -2.15. The first-order valence-corrected chi connectivity index (χ1v) is 7.17. The number of anilines is 4. The Hall–Kier alpha value is -2.70. The molecule has 0 unspecified atom stereocenters. The van der Waals surface area contributed by atoms with Gasteiger partial charge in [-0.25, -0.2) is 9.97 Å². The Morgan fingerprint density at radius 1 is 1.09 bits per heavy atom. The van der Waals surface area contributed by atoms with Crippen LogP contribution in [0.4, 0.5) is 23.0 Å². The Kier molecular flexibility index (Phi) is 3.86. The van der Waals surface area contributed by atoms with Crippen molar-refractivity contribution in [3.63, 3.8) is 0 Å². The van der Waals surface area contributed by atoms with Crippen LogP contribution < -0.4 is 25.8 Å². The number of benzene rings is 1. The summed E-state index contributed by atoms with van der Waals surface area (Å²) in [5.41, 5.74) is 7.41. The van der Waals surface area contributed by atoms with Gasteiger partial charge in [0.1, 0.15) is 25.2 Å². The van der Waals surface area contributed by atoms with E-state index in [0.717, 1.165) is 11.4 Å². The quantitative estimate of drug-likeness (QED) is 0.798. The molecule has 2 aromatic rings. The lowest BCUT2D eigenvalue weighted by molar-refractivity contribution is 0.171. The molecule has 7 nitrogen and oxygen atoms in total. The van der Waals surface area contributed by atoms with E-state index in [2.05, 4.69) is 20.6 Å². The van der Waals surface area contributed by atoms with E-state index in [-0.39, 0.29) is 6.04 Å². The molecule has 0 atom stereocenters. The lowest BCUT2D eigenvalue weighted by atomic mass is 10.2. The van der Waals surface area contributed by atoms with Crippen molar-refractivity contribution < 1.29 is 9.47 Å². The maximum Gasteiger partial charge on any atom is 0.163 e. The molecular weight excluding hydrogens is 282 g/mol.